The monoisotopic (exact) mass is 206 g/mol. The predicted molar refractivity (Wildman–Crippen MR) is 49.2 cm³/mol. The van der Waals surface area contributed by atoms with Crippen molar-refractivity contribution >= 4 is 5.91 Å². The first-order chi connectivity index (χ1) is 6.50. The van der Waals surface area contributed by atoms with Gasteiger partial charge in [-0.25, -0.2) is 0 Å². The lowest BCUT2D eigenvalue weighted by Crippen LogP contribution is -2.42. The van der Waals surface area contributed by atoms with Crippen LogP contribution in [0.15, 0.2) is 0 Å². The van der Waals surface area contributed by atoms with Crippen LogP contribution in [0.4, 0.5) is 8.78 Å². The first-order valence-electron chi connectivity index (χ1n) is 4.87. The average Bonchev–Trinajstić information content (AvgIpc) is 2.14. The summed E-state index contributed by atoms with van der Waals surface area (Å²) in [5.41, 5.74) is 0. The number of halogens is 2. The predicted octanol–water partition coefficient (Wildman–Crippen LogP) is 0.757. The Hall–Kier alpha value is -0.710. The van der Waals surface area contributed by atoms with Gasteiger partial charge in [0.15, 0.2) is 0 Å². The van der Waals surface area contributed by atoms with E-state index in [0.717, 1.165) is 25.9 Å². The van der Waals surface area contributed by atoms with Gasteiger partial charge in [0.2, 0.25) is 0 Å². The summed E-state index contributed by atoms with van der Waals surface area (Å²) < 4.78 is 24.9. The van der Waals surface area contributed by atoms with Crippen LogP contribution in [0.5, 0.6) is 0 Å². The molecule has 2 N–H and O–H groups in total. The lowest BCUT2D eigenvalue weighted by atomic mass is 9.98. The molecule has 0 bridgehead atoms. The molecule has 1 rings (SSSR count). The van der Waals surface area contributed by atoms with Gasteiger partial charge in [0, 0.05) is 13.5 Å². The summed E-state index contributed by atoms with van der Waals surface area (Å²) in [6.45, 7) is 2.79. The number of piperidine rings is 1. The Balaban J connectivity index is 2.22. The summed E-state index contributed by atoms with van der Waals surface area (Å²) in [7, 11) is 0. The molecule has 0 unspecified atom stereocenters. The van der Waals surface area contributed by atoms with Gasteiger partial charge < -0.3 is 10.6 Å². The third-order valence-corrected chi connectivity index (χ3v) is 2.41. The van der Waals surface area contributed by atoms with Crippen molar-refractivity contribution in [3.63, 3.8) is 0 Å². The fourth-order valence-electron chi connectivity index (χ4n) is 1.48. The normalized spacial score (nSPS) is 19.4. The molecule has 0 aromatic heterocycles. The summed E-state index contributed by atoms with van der Waals surface area (Å²) in [6.07, 6.45) is 1.88. The molecule has 1 aliphatic rings. The van der Waals surface area contributed by atoms with E-state index in [1.807, 2.05) is 0 Å². The summed E-state index contributed by atoms with van der Waals surface area (Å²) in [5.74, 6) is -4.09. The van der Waals surface area contributed by atoms with Crippen LogP contribution in [0.25, 0.3) is 0 Å². The Bertz CT molecular complexity index is 197. The molecule has 3 nitrogen and oxygen atoms in total. The van der Waals surface area contributed by atoms with Crippen LogP contribution < -0.4 is 10.6 Å². The van der Waals surface area contributed by atoms with Crippen molar-refractivity contribution < 1.29 is 13.6 Å². The highest BCUT2D eigenvalue weighted by Crippen LogP contribution is 2.13. The van der Waals surface area contributed by atoms with Gasteiger partial charge in [0.1, 0.15) is 0 Å². The van der Waals surface area contributed by atoms with Crippen molar-refractivity contribution in [2.75, 3.05) is 19.6 Å². The fraction of sp³-hybridized carbons (Fsp3) is 0.889. The van der Waals surface area contributed by atoms with E-state index in [-0.39, 0.29) is 0 Å². The molecule has 0 aliphatic carbocycles. The SMILES string of the molecule is CC(F)(F)C(=O)NCC1CCNCC1. The molecule has 14 heavy (non-hydrogen) atoms. The highest BCUT2D eigenvalue weighted by atomic mass is 19.3. The maximum absolute atomic E-state index is 12.4. The first-order valence-corrected chi connectivity index (χ1v) is 4.87. The number of hydrogen-bond donors (Lipinski definition) is 2. The molecule has 0 atom stereocenters. The number of carbonyl (C=O) groups is 1. The summed E-state index contributed by atoms with van der Waals surface area (Å²) in [5, 5.41) is 5.45. The molecule has 0 aromatic rings. The van der Waals surface area contributed by atoms with E-state index in [9.17, 15) is 13.6 Å². The van der Waals surface area contributed by atoms with Gasteiger partial charge >= 0.3 is 5.92 Å². The molecule has 1 fully saturated rings. The molecule has 0 saturated carbocycles. The van der Waals surface area contributed by atoms with Crippen molar-refractivity contribution in [1.29, 1.82) is 0 Å². The van der Waals surface area contributed by atoms with Crippen LogP contribution >= 0.6 is 0 Å². The first kappa shape index (κ1) is 11.4. The van der Waals surface area contributed by atoms with Gasteiger partial charge in [-0.3, -0.25) is 4.79 Å². The molecule has 1 saturated heterocycles. The van der Waals surface area contributed by atoms with Gasteiger partial charge in [0.05, 0.1) is 0 Å². The van der Waals surface area contributed by atoms with Crippen LogP contribution in [-0.2, 0) is 4.79 Å². The lowest BCUT2D eigenvalue weighted by Gasteiger charge is -2.23. The number of amides is 1. The van der Waals surface area contributed by atoms with Crippen LogP contribution in [-0.4, -0.2) is 31.5 Å². The topological polar surface area (TPSA) is 41.1 Å². The zero-order valence-corrected chi connectivity index (χ0v) is 8.28. The molecule has 5 heteroatoms. The summed E-state index contributed by atoms with van der Waals surface area (Å²) in [6, 6.07) is 0. The second-order valence-corrected chi connectivity index (χ2v) is 3.79. The van der Waals surface area contributed by atoms with Gasteiger partial charge in [-0.05, 0) is 31.8 Å². The highest BCUT2D eigenvalue weighted by Gasteiger charge is 2.32. The van der Waals surface area contributed by atoms with Crippen LogP contribution in [0, 0.1) is 5.92 Å². The number of alkyl halides is 2. The van der Waals surface area contributed by atoms with Crippen LogP contribution in [0.1, 0.15) is 19.8 Å². The maximum Gasteiger partial charge on any atom is 0.321 e. The standard InChI is InChI=1S/C9H16F2N2O/c1-9(10,11)8(14)13-6-7-2-4-12-5-3-7/h7,12H,2-6H2,1H3,(H,13,14). The van der Waals surface area contributed by atoms with Gasteiger partial charge in [-0.2, -0.15) is 8.78 Å². The molecular formula is C9H16F2N2O. The highest BCUT2D eigenvalue weighted by molar-refractivity contribution is 5.82. The van der Waals surface area contributed by atoms with E-state index in [1.165, 1.54) is 0 Å². The largest absolute Gasteiger partial charge is 0.351 e. The molecule has 0 spiro atoms. The van der Waals surface area contributed by atoms with E-state index in [0.29, 0.717) is 19.4 Å². The molecule has 1 heterocycles. The Morgan fingerprint density at radius 2 is 2.07 bits per heavy atom. The Morgan fingerprint density at radius 1 is 1.50 bits per heavy atom. The maximum atomic E-state index is 12.4. The molecule has 1 aliphatic heterocycles. The third kappa shape index (κ3) is 3.57. The lowest BCUT2D eigenvalue weighted by molar-refractivity contribution is -0.143. The van der Waals surface area contributed by atoms with Crippen molar-refractivity contribution in [2.45, 2.75) is 25.7 Å². The molecule has 0 radical (unpaired) electrons. The minimum Gasteiger partial charge on any atom is -0.351 e. The van der Waals surface area contributed by atoms with Crippen molar-refractivity contribution in [2.24, 2.45) is 5.92 Å². The second kappa shape index (κ2) is 4.68. The van der Waals surface area contributed by atoms with Crippen molar-refractivity contribution in [1.82, 2.24) is 10.6 Å². The third-order valence-electron chi connectivity index (χ3n) is 2.41. The number of carbonyl (C=O) groups excluding carboxylic acids is 1. The van der Waals surface area contributed by atoms with Gasteiger partial charge in [-0.15, -0.1) is 0 Å². The summed E-state index contributed by atoms with van der Waals surface area (Å²) in [4.78, 5) is 10.8. The molecule has 1 amide bonds. The van der Waals surface area contributed by atoms with Crippen molar-refractivity contribution in [3.05, 3.63) is 0 Å². The number of nitrogens with one attached hydrogen (secondary N) is 2. The number of rotatable bonds is 3. The number of hydrogen-bond acceptors (Lipinski definition) is 2. The zero-order valence-electron chi connectivity index (χ0n) is 8.28. The van der Waals surface area contributed by atoms with E-state index >= 15 is 0 Å². The second-order valence-electron chi connectivity index (χ2n) is 3.79. The van der Waals surface area contributed by atoms with E-state index in [4.69, 9.17) is 0 Å². The zero-order chi connectivity index (χ0) is 10.6. The minimum absolute atomic E-state index is 0.336. The van der Waals surface area contributed by atoms with E-state index in [1.54, 1.807) is 0 Å². The van der Waals surface area contributed by atoms with Gasteiger partial charge in [-0.1, -0.05) is 0 Å². The van der Waals surface area contributed by atoms with Crippen LogP contribution in [0.2, 0.25) is 0 Å². The Kier molecular flexibility index (Phi) is 3.80. The van der Waals surface area contributed by atoms with Crippen LogP contribution in [0.3, 0.4) is 0 Å². The quantitative estimate of drug-likeness (QED) is 0.715. The van der Waals surface area contributed by atoms with Crippen molar-refractivity contribution in [3.8, 4) is 0 Å². The minimum atomic E-state index is -3.26. The molecular weight excluding hydrogens is 190 g/mol. The average molecular weight is 206 g/mol. The van der Waals surface area contributed by atoms with E-state index < -0.39 is 11.8 Å². The fourth-order valence-corrected chi connectivity index (χ4v) is 1.48. The molecule has 82 valence electrons. The summed E-state index contributed by atoms with van der Waals surface area (Å²) >= 11 is 0. The Labute approximate surface area is 82.2 Å². The molecule has 0 aromatic carbocycles. The van der Waals surface area contributed by atoms with E-state index in [2.05, 4.69) is 10.6 Å². The Morgan fingerprint density at radius 3 is 2.57 bits per heavy atom. The smallest absolute Gasteiger partial charge is 0.321 e. The van der Waals surface area contributed by atoms with Gasteiger partial charge in [0.25, 0.3) is 5.91 Å².